The lowest BCUT2D eigenvalue weighted by Gasteiger charge is -2.07. The van der Waals surface area contributed by atoms with Crippen molar-refractivity contribution in [3.05, 3.63) is 17.8 Å². The lowest BCUT2D eigenvalue weighted by molar-refractivity contribution is -0.118. The smallest absolute Gasteiger partial charge is 0.216 e. The van der Waals surface area contributed by atoms with Crippen molar-refractivity contribution in [3.8, 4) is 0 Å². The molecule has 0 aliphatic rings. The predicted molar refractivity (Wildman–Crippen MR) is 65.2 cm³/mol. The minimum absolute atomic E-state index is 0.00135. The molecule has 5 nitrogen and oxygen atoms in total. The molecular weight excluding hydrogens is 204 g/mol. The van der Waals surface area contributed by atoms with Gasteiger partial charge >= 0.3 is 0 Å². The van der Waals surface area contributed by atoms with E-state index in [1.165, 1.54) is 6.92 Å². The first kappa shape index (κ1) is 12.3. The van der Waals surface area contributed by atoms with E-state index in [1.54, 1.807) is 0 Å². The summed E-state index contributed by atoms with van der Waals surface area (Å²) >= 11 is 0. The Hall–Kier alpha value is -1.78. The van der Waals surface area contributed by atoms with Gasteiger partial charge in [0.05, 0.1) is 11.4 Å². The van der Waals surface area contributed by atoms with Crippen molar-refractivity contribution in [3.63, 3.8) is 0 Å². The third-order valence-electron chi connectivity index (χ3n) is 2.16. The first-order valence-electron chi connectivity index (χ1n) is 5.31. The molecule has 0 saturated carbocycles. The second-order valence-electron chi connectivity index (χ2n) is 3.63. The zero-order valence-electron chi connectivity index (χ0n) is 9.71. The van der Waals surface area contributed by atoms with Gasteiger partial charge in [0.2, 0.25) is 5.91 Å². The van der Waals surface area contributed by atoms with Gasteiger partial charge in [0.25, 0.3) is 0 Å². The third kappa shape index (κ3) is 4.16. The maximum atomic E-state index is 10.6. The van der Waals surface area contributed by atoms with Gasteiger partial charge in [0, 0.05) is 20.0 Å². The van der Waals surface area contributed by atoms with Gasteiger partial charge in [0.15, 0.2) is 0 Å². The number of hydrogen-bond donors (Lipinski definition) is 3. The Morgan fingerprint density at radius 1 is 1.44 bits per heavy atom. The molecule has 0 unspecified atom stereocenters. The van der Waals surface area contributed by atoms with Crippen molar-refractivity contribution in [2.75, 3.05) is 24.1 Å². The molecule has 88 valence electrons. The van der Waals surface area contributed by atoms with E-state index in [0.29, 0.717) is 12.2 Å². The SMILES string of the molecule is CC(=O)NCCCNc1ccc(N)c(C)n1. The number of hydrogen-bond acceptors (Lipinski definition) is 4. The summed E-state index contributed by atoms with van der Waals surface area (Å²) in [5.41, 5.74) is 7.18. The van der Waals surface area contributed by atoms with Crippen LogP contribution in [0.3, 0.4) is 0 Å². The molecule has 1 rings (SSSR count). The first-order chi connectivity index (χ1) is 7.59. The van der Waals surface area contributed by atoms with E-state index >= 15 is 0 Å². The number of carbonyl (C=O) groups is 1. The van der Waals surface area contributed by atoms with Crippen LogP contribution in [0.5, 0.6) is 0 Å². The molecule has 5 heteroatoms. The van der Waals surface area contributed by atoms with Crippen molar-refractivity contribution in [2.24, 2.45) is 0 Å². The molecule has 0 atom stereocenters. The Morgan fingerprint density at radius 2 is 2.19 bits per heavy atom. The van der Waals surface area contributed by atoms with Gasteiger partial charge in [-0.1, -0.05) is 0 Å². The van der Waals surface area contributed by atoms with Gasteiger partial charge in [-0.3, -0.25) is 4.79 Å². The van der Waals surface area contributed by atoms with Crippen molar-refractivity contribution in [1.82, 2.24) is 10.3 Å². The molecule has 1 amide bonds. The number of carbonyl (C=O) groups excluding carboxylic acids is 1. The molecule has 0 radical (unpaired) electrons. The normalized spacial score (nSPS) is 9.88. The molecular formula is C11H18N4O. The number of aryl methyl sites for hydroxylation is 1. The minimum Gasteiger partial charge on any atom is -0.397 e. The van der Waals surface area contributed by atoms with Gasteiger partial charge in [-0.05, 0) is 25.5 Å². The summed E-state index contributed by atoms with van der Waals surface area (Å²) in [5.74, 6) is 0.816. The molecule has 0 aromatic carbocycles. The fourth-order valence-electron chi connectivity index (χ4n) is 1.24. The van der Waals surface area contributed by atoms with Gasteiger partial charge in [-0.25, -0.2) is 4.98 Å². The molecule has 0 bridgehead atoms. The highest BCUT2D eigenvalue weighted by Gasteiger charge is 1.97. The summed E-state index contributed by atoms with van der Waals surface area (Å²) in [5, 5.41) is 5.90. The van der Waals surface area contributed by atoms with Crippen LogP contribution < -0.4 is 16.4 Å². The summed E-state index contributed by atoms with van der Waals surface area (Å²) in [6, 6.07) is 3.68. The zero-order chi connectivity index (χ0) is 12.0. The Morgan fingerprint density at radius 3 is 2.81 bits per heavy atom. The van der Waals surface area contributed by atoms with Crippen molar-refractivity contribution in [2.45, 2.75) is 20.3 Å². The number of pyridine rings is 1. The molecule has 0 spiro atoms. The number of nitrogens with two attached hydrogens (primary N) is 1. The Labute approximate surface area is 95.4 Å². The van der Waals surface area contributed by atoms with E-state index in [4.69, 9.17) is 5.73 Å². The fraction of sp³-hybridized carbons (Fsp3) is 0.455. The van der Waals surface area contributed by atoms with Crippen LogP contribution in [0.2, 0.25) is 0 Å². The minimum atomic E-state index is 0.00135. The van der Waals surface area contributed by atoms with E-state index in [0.717, 1.165) is 24.5 Å². The van der Waals surface area contributed by atoms with Gasteiger partial charge < -0.3 is 16.4 Å². The molecule has 0 aliphatic heterocycles. The van der Waals surface area contributed by atoms with Crippen LogP contribution in [0.1, 0.15) is 19.0 Å². The summed E-state index contributed by atoms with van der Waals surface area (Å²) in [7, 11) is 0. The van der Waals surface area contributed by atoms with Crippen LogP contribution in [-0.2, 0) is 4.79 Å². The van der Waals surface area contributed by atoms with Gasteiger partial charge in [-0.2, -0.15) is 0 Å². The van der Waals surface area contributed by atoms with Crippen LogP contribution in [-0.4, -0.2) is 24.0 Å². The number of nitrogens with zero attached hydrogens (tertiary/aromatic N) is 1. The van der Waals surface area contributed by atoms with E-state index in [9.17, 15) is 4.79 Å². The van der Waals surface area contributed by atoms with Crippen LogP contribution >= 0.6 is 0 Å². The molecule has 0 aliphatic carbocycles. The number of amides is 1. The van der Waals surface area contributed by atoms with Gasteiger partial charge in [-0.15, -0.1) is 0 Å². The summed E-state index contributed by atoms with van der Waals surface area (Å²) in [6.07, 6.45) is 0.866. The Balaban J connectivity index is 2.27. The van der Waals surface area contributed by atoms with Crippen molar-refractivity contribution < 1.29 is 4.79 Å². The molecule has 1 aromatic heterocycles. The van der Waals surface area contributed by atoms with Crippen LogP contribution in [0.15, 0.2) is 12.1 Å². The third-order valence-corrected chi connectivity index (χ3v) is 2.16. The number of aromatic nitrogens is 1. The number of anilines is 2. The molecule has 0 fully saturated rings. The molecule has 4 N–H and O–H groups in total. The molecule has 0 saturated heterocycles. The van der Waals surface area contributed by atoms with E-state index in [-0.39, 0.29) is 5.91 Å². The quantitative estimate of drug-likeness (QED) is 0.647. The van der Waals surface area contributed by atoms with Crippen molar-refractivity contribution >= 4 is 17.4 Å². The predicted octanol–water partition coefficient (Wildman–Crippen LogP) is 0.910. The standard InChI is InChI=1S/C11H18N4O/c1-8-10(12)4-5-11(15-8)14-7-3-6-13-9(2)16/h4-5H,3,6-7,12H2,1-2H3,(H,13,16)(H,14,15). The average molecular weight is 222 g/mol. The summed E-state index contributed by atoms with van der Waals surface area (Å²) in [4.78, 5) is 14.9. The highest BCUT2D eigenvalue weighted by Crippen LogP contribution is 2.11. The second-order valence-corrected chi connectivity index (χ2v) is 3.63. The lowest BCUT2D eigenvalue weighted by atomic mass is 10.3. The van der Waals surface area contributed by atoms with Crippen LogP contribution in [0.25, 0.3) is 0 Å². The lowest BCUT2D eigenvalue weighted by Crippen LogP contribution is -2.22. The summed E-state index contributed by atoms with van der Waals surface area (Å²) in [6.45, 7) is 4.84. The Bertz CT molecular complexity index is 365. The maximum Gasteiger partial charge on any atom is 0.216 e. The second kappa shape index (κ2) is 5.95. The summed E-state index contributed by atoms with van der Waals surface area (Å²) < 4.78 is 0. The molecule has 1 heterocycles. The number of nitrogens with one attached hydrogen (secondary N) is 2. The van der Waals surface area contributed by atoms with Gasteiger partial charge in [0.1, 0.15) is 5.82 Å². The number of rotatable bonds is 5. The zero-order valence-corrected chi connectivity index (χ0v) is 9.71. The average Bonchev–Trinajstić information content (AvgIpc) is 2.22. The molecule has 16 heavy (non-hydrogen) atoms. The monoisotopic (exact) mass is 222 g/mol. The first-order valence-corrected chi connectivity index (χ1v) is 5.31. The van der Waals surface area contributed by atoms with Crippen molar-refractivity contribution in [1.29, 1.82) is 0 Å². The Kier molecular flexibility index (Phi) is 4.57. The number of nitrogen functional groups attached to an aromatic ring is 1. The highest BCUT2D eigenvalue weighted by atomic mass is 16.1. The van der Waals surface area contributed by atoms with Crippen LogP contribution in [0.4, 0.5) is 11.5 Å². The fourth-order valence-corrected chi connectivity index (χ4v) is 1.24. The highest BCUT2D eigenvalue weighted by molar-refractivity contribution is 5.72. The van der Waals surface area contributed by atoms with E-state index < -0.39 is 0 Å². The molecule has 1 aromatic rings. The topological polar surface area (TPSA) is 80.0 Å². The van der Waals surface area contributed by atoms with Crippen LogP contribution in [0, 0.1) is 6.92 Å². The maximum absolute atomic E-state index is 10.6. The van der Waals surface area contributed by atoms with E-state index in [1.807, 2.05) is 19.1 Å². The largest absolute Gasteiger partial charge is 0.397 e. The van der Waals surface area contributed by atoms with E-state index in [2.05, 4.69) is 15.6 Å².